The SMILES string of the molecule is COc1ccc2c(c1)OC(C)(C)C2.COc1cccc(OCC(C)(C)O)c1.CS(=O)(=O)O.O=[P+]([O-])P(=O)(O)O. The zero-order chi connectivity index (χ0) is 30.7. The predicted molar refractivity (Wildman–Crippen MR) is 143 cm³/mol. The zero-order valence-electron chi connectivity index (χ0n) is 22.7. The van der Waals surface area contributed by atoms with E-state index in [9.17, 15) is 27.5 Å². The number of fused-ring (bicyclic) bond motifs is 1. The van der Waals surface area contributed by atoms with E-state index >= 15 is 0 Å². The summed E-state index contributed by atoms with van der Waals surface area (Å²) in [6.45, 7) is 7.86. The second-order valence-electron chi connectivity index (χ2n) is 9.28. The molecule has 1 atom stereocenters. The molecule has 0 saturated heterocycles. The molecule has 0 aromatic heterocycles. The average molecular weight is 615 g/mol. The van der Waals surface area contributed by atoms with E-state index in [0.717, 1.165) is 23.7 Å². The number of aliphatic hydroxyl groups is 1. The highest BCUT2D eigenvalue weighted by Gasteiger charge is 2.30. The van der Waals surface area contributed by atoms with E-state index in [-0.39, 0.29) is 12.2 Å². The zero-order valence-corrected chi connectivity index (χ0v) is 25.3. The normalized spacial score (nSPS) is 13.9. The van der Waals surface area contributed by atoms with Crippen molar-refractivity contribution in [3.05, 3.63) is 48.0 Å². The van der Waals surface area contributed by atoms with Crippen LogP contribution in [-0.4, -0.2) is 66.1 Å². The number of hydrogen-bond donors (Lipinski definition) is 4. The Morgan fingerprint density at radius 3 is 1.97 bits per heavy atom. The molecule has 1 aliphatic rings. The fraction of sp³-hybridized carbons (Fsp3) is 0.478. The van der Waals surface area contributed by atoms with Gasteiger partial charge < -0.3 is 28.9 Å². The number of methoxy groups -OCH3 is 2. The summed E-state index contributed by atoms with van der Waals surface area (Å²) in [4.78, 5) is 24.5. The molecule has 0 fully saturated rings. The third-order valence-electron chi connectivity index (χ3n) is 4.12. The van der Waals surface area contributed by atoms with Crippen molar-refractivity contribution in [3.8, 4) is 23.0 Å². The summed E-state index contributed by atoms with van der Waals surface area (Å²) in [6, 6.07) is 13.3. The van der Waals surface area contributed by atoms with Crippen LogP contribution in [0, 0.1) is 0 Å². The Morgan fingerprint density at radius 2 is 1.54 bits per heavy atom. The Bertz CT molecular complexity index is 1210. The standard InChI is InChI=1S/C11H16O3.C11H14O2.CH4O3S.H2O5P2/c1-11(2,12)8-14-10-6-4-5-9(7-10)13-3;1-11(2)7-8-4-5-9(12-3)6-10(8)13-11;1-5(2,3)4;1-6(2)7(3,4)5/h4-7,12H,8H2,1-3H3;4-6H,7H2,1-3H3;1H3,(H,2,3,4);(H2,3,4,5). The van der Waals surface area contributed by atoms with Gasteiger partial charge in [0.25, 0.3) is 10.1 Å². The van der Waals surface area contributed by atoms with E-state index in [0.29, 0.717) is 12.0 Å². The highest BCUT2D eigenvalue weighted by atomic mass is 32.2. The lowest BCUT2D eigenvalue weighted by atomic mass is 10.0. The first-order valence-corrected chi connectivity index (χ1v) is 16.4. The Balaban J connectivity index is 0.000000533. The van der Waals surface area contributed by atoms with Crippen molar-refractivity contribution >= 4 is 25.1 Å². The predicted octanol–water partition coefficient (Wildman–Crippen LogP) is 2.94. The summed E-state index contributed by atoms with van der Waals surface area (Å²) in [5.74, 6) is 3.27. The van der Waals surface area contributed by atoms with Crippen LogP contribution in [0.1, 0.15) is 33.3 Å². The van der Waals surface area contributed by atoms with Crippen molar-refractivity contribution < 1.29 is 60.8 Å². The van der Waals surface area contributed by atoms with Gasteiger partial charge in [0.1, 0.15) is 35.2 Å². The van der Waals surface area contributed by atoms with Gasteiger partial charge >= 0.3 is 15.0 Å². The molecule has 2 aromatic carbocycles. The van der Waals surface area contributed by atoms with Gasteiger partial charge in [0.2, 0.25) is 0 Å². The summed E-state index contributed by atoms with van der Waals surface area (Å²) in [6.07, 6.45) is 1.69. The van der Waals surface area contributed by atoms with E-state index in [2.05, 4.69) is 19.9 Å². The molecule has 0 radical (unpaired) electrons. The fourth-order valence-electron chi connectivity index (χ4n) is 2.65. The average Bonchev–Trinajstić information content (AvgIpc) is 3.09. The van der Waals surface area contributed by atoms with Gasteiger partial charge in [-0.15, -0.1) is 0 Å². The molecule has 1 unspecified atom stereocenters. The van der Waals surface area contributed by atoms with Gasteiger partial charge in [-0.1, -0.05) is 16.7 Å². The molecule has 0 spiro atoms. The topological polar surface area (TPSA) is 209 Å². The lowest BCUT2D eigenvalue weighted by Gasteiger charge is -2.17. The van der Waals surface area contributed by atoms with Gasteiger partial charge in [-0.3, -0.25) is 14.3 Å². The van der Waals surface area contributed by atoms with Gasteiger partial charge in [0.15, 0.2) is 0 Å². The van der Waals surface area contributed by atoms with E-state index in [1.54, 1.807) is 34.1 Å². The van der Waals surface area contributed by atoms with Gasteiger partial charge in [-0.05, 0) is 51.5 Å². The number of ether oxygens (including phenoxy) is 4. The van der Waals surface area contributed by atoms with Gasteiger partial charge in [0, 0.05) is 18.6 Å². The molecule has 1 aliphatic heterocycles. The van der Waals surface area contributed by atoms with Crippen molar-refractivity contribution in [1.29, 1.82) is 0 Å². The summed E-state index contributed by atoms with van der Waals surface area (Å²) in [5, 5.41) is 9.45. The summed E-state index contributed by atoms with van der Waals surface area (Å²) in [7, 11) is -8.75. The quantitative estimate of drug-likeness (QED) is 0.273. The second-order valence-corrected chi connectivity index (χ2v) is 14.8. The molecule has 0 saturated carbocycles. The van der Waals surface area contributed by atoms with Crippen molar-refractivity contribution in [1.82, 2.24) is 0 Å². The highest BCUT2D eigenvalue weighted by molar-refractivity contribution is 8.19. The van der Waals surface area contributed by atoms with Crippen molar-refractivity contribution in [2.24, 2.45) is 0 Å². The van der Waals surface area contributed by atoms with Crippen LogP contribution in [0.5, 0.6) is 23.0 Å². The molecule has 0 bridgehead atoms. The van der Waals surface area contributed by atoms with Crippen molar-refractivity contribution in [2.45, 2.75) is 45.3 Å². The lowest BCUT2D eigenvalue weighted by Crippen LogP contribution is -2.27. The summed E-state index contributed by atoms with van der Waals surface area (Å²) in [5.41, 5.74) is 0.392. The highest BCUT2D eigenvalue weighted by Crippen LogP contribution is 2.56. The Kier molecular flexibility index (Phi) is 14.6. The molecular formula is C23H36O13P2S. The van der Waals surface area contributed by atoms with E-state index in [4.69, 9.17) is 33.3 Å². The van der Waals surface area contributed by atoms with E-state index in [1.807, 2.05) is 30.3 Å². The fourth-order valence-corrected chi connectivity index (χ4v) is 2.65. The Morgan fingerprint density at radius 1 is 1.08 bits per heavy atom. The molecule has 0 aliphatic carbocycles. The minimum Gasteiger partial charge on any atom is -0.588 e. The molecule has 39 heavy (non-hydrogen) atoms. The first-order chi connectivity index (χ1) is 17.6. The largest absolute Gasteiger partial charge is 0.588 e. The molecule has 3 rings (SSSR count). The number of rotatable bonds is 6. The van der Waals surface area contributed by atoms with Gasteiger partial charge in [0.05, 0.1) is 26.1 Å². The molecule has 16 heteroatoms. The molecule has 13 nitrogen and oxygen atoms in total. The Hall–Kier alpha value is -2.28. The van der Waals surface area contributed by atoms with Crippen LogP contribution in [0.3, 0.4) is 0 Å². The molecular weight excluding hydrogens is 578 g/mol. The maximum absolute atomic E-state index is 9.45. The third-order valence-corrected chi connectivity index (χ3v) is 5.82. The second kappa shape index (κ2) is 15.5. The summed E-state index contributed by atoms with van der Waals surface area (Å²) >= 11 is 0. The van der Waals surface area contributed by atoms with Crippen LogP contribution in [0.2, 0.25) is 0 Å². The van der Waals surface area contributed by atoms with Crippen LogP contribution >= 0.6 is 15.0 Å². The van der Waals surface area contributed by atoms with Gasteiger partial charge in [-0.2, -0.15) is 8.42 Å². The summed E-state index contributed by atoms with van der Waals surface area (Å²) < 4.78 is 65.9. The molecule has 1 heterocycles. The van der Waals surface area contributed by atoms with Crippen LogP contribution in [0.4, 0.5) is 0 Å². The van der Waals surface area contributed by atoms with Crippen molar-refractivity contribution in [2.75, 3.05) is 27.1 Å². The van der Waals surface area contributed by atoms with Crippen LogP contribution < -0.4 is 23.8 Å². The third kappa shape index (κ3) is 18.6. The van der Waals surface area contributed by atoms with Crippen LogP contribution in [0.25, 0.3) is 0 Å². The molecule has 2 aromatic rings. The first-order valence-electron chi connectivity index (χ1n) is 11.0. The van der Waals surface area contributed by atoms with Crippen LogP contribution in [0.15, 0.2) is 42.5 Å². The monoisotopic (exact) mass is 614 g/mol. The minimum absolute atomic E-state index is 0.0608. The van der Waals surface area contributed by atoms with Crippen molar-refractivity contribution in [3.63, 3.8) is 0 Å². The first kappa shape index (κ1) is 36.7. The number of benzene rings is 2. The molecule has 222 valence electrons. The lowest BCUT2D eigenvalue weighted by molar-refractivity contribution is -0.160. The smallest absolute Gasteiger partial charge is 0.561 e. The van der Waals surface area contributed by atoms with Gasteiger partial charge in [-0.25, -0.2) is 4.57 Å². The van der Waals surface area contributed by atoms with E-state index in [1.165, 1.54) is 5.56 Å². The maximum Gasteiger partial charge on any atom is 0.561 e. The van der Waals surface area contributed by atoms with E-state index < -0.39 is 30.7 Å². The Labute approximate surface area is 229 Å². The number of hydrogen-bond acceptors (Lipinski definition) is 10. The molecule has 0 amide bonds. The maximum atomic E-state index is 9.45. The minimum atomic E-state index is -4.78. The molecule has 4 N–H and O–H groups in total. The van der Waals surface area contributed by atoms with Crippen LogP contribution in [-0.2, 0) is 25.7 Å².